The molecule has 0 aliphatic carbocycles. The van der Waals surface area contributed by atoms with Crippen LogP contribution in [-0.2, 0) is 0 Å². The average molecular weight is 283 g/mol. The summed E-state index contributed by atoms with van der Waals surface area (Å²) >= 11 is 0. The Labute approximate surface area is 124 Å². The molecule has 5 heteroatoms. The van der Waals surface area contributed by atoms with Gasteiger partial charge in [0.05, 0.1) is 5.52 Å². The SMILES string of the molecule is Nc1ccc2c(N3CCCN4CCCC4C3)ncnc2c1. The number of hydrogen-bond acceptors (Lipinski definition) is 5. The normalized spacial score (nSPS) is 23.2. The van der Waals surface area contributed by atoms with E-state index in [4.69, 9.17) is 5.73 Å². The topological polar surface area (TPSA) is 58.3 Å². The van der Waals surface area contributed by atoms with E-state index in [9.17, 15) is 0 Å². The minimum absolute atomic E-state index is 0.686. The van der Waals surface area contributed by atoms with Gasteiger partial charge in [-0.25, -0.2) is 9.97 Å². The van der Waals surface area contributed by atoms with Crippen molar-refractivity contribution in [3.05, 3.63) is 24.5 Å². The van der Waals surface area contributed by atoms with Gasteiger partial charge >= 0.3 is 0 Å². The summed E-state index contributed by atoms with van der Waals surface area (Å²) in [5.74, 6) is 1.06. The lowest BCUT2D eigenvalue weighted by molar-refractivity contribution is 0.273. The quantitative estimate of drug-likeness (QED) is 0.810. The Balaban J connectivity index is 1.72. The van der Waals surface area contributed by atoms with Gasteiger partial charge < -0.3 is 10.6 Å². The van der Waals surface area contributed by atoms with Crippen LogP contribution in [0.1, 0.15) is 19.3 Å². The first-order valence-electron chi connectivity index (χ1n) is 7.80. The number of anilines is 2. The smallest absolute Gasteiger partial charge is 0.139 e. The third-order valence-electron chi connectivity index (χ3n) is 4.74. The second-order valence-corrected chi connectivity index (χ2v) is 6.11. The average Bonchev–Trinajstić information content (AvgIpc) is 2.83. The maximum Gasteiger partial charge on any atom is 0.139 e. The Morgan fingerprint density at radius 2 is 2.00 bits per heavy atom. The third kappa shape index (κ3) is 2.31. The lowest BCUT2D eigenvalue weighted by atomic mass is 10.1. The summed E-state index contributed by atoms with van der Waals surface area (Å²) in [4.78, 5) is 14.0. The Kier molecular flexibility index (Phi) is 3.15. The summed E-state index contributed by atoms with van der Waals surface area (Å²) in [7, 11) is 0. The van der Waals surface area contributed by atoms with Crippen molar-refractivity contribution in [1.29, 1.82) is 0 Å². The van der Waals surface area contributed by atoms with Crippen LogP contribution in [0, 0.1) is 0 Å². The summed E-state index contributed by atoms with van der Waals surface area (Å²) in [6.45, 7) is 4.64. The highest BCUT2D eigenvalue weighted by atomic mass is 15.3. The van der Waals surface area contributed by atoms with Gasteiger partial charge in [-0.1, -0.05) is 0 Å². The number of aromatic nitrogens is 2. The molecule has 1 unspecified atom stereocenters. The second kappa shape index (κ2) is 5.15. The lowest BCUT2D eigenvalue weighted by Crippen LogP contribution is -2.37. The van der Waals surface area contributed by atoms with E-state index in [-0.39, 0.29) is 0 Å². The third-order valence-corrected chi connectivity index (χ3v) is 4.74. The number of nitrogens with zero attached hydrogens (tertiary/aromatic N) is 4. The highest BCUT2D eigenvalue weighted by Crippen LogP contribution is 2.28. The van der Waals surface area contributed by atoms with Gasteiger partial charge in [-0.3, -0.25) is 4.90 Å². The predicted octanol–water partition coefficient (Wildman–Crippen LogP) is 1.89. The molecule has 2 aromatic rings. The monoisotopic (exact) mass is 283 g/mol. The van der Waals surface area contributed by atoms with Crippen LogP contribution in [-0.4, -0.2) is 47.1 Å². The van der Waals surface area contributed by atoms with Crippen molar-refractivity contribution in [1.82, 2.24) is 14.9 Å². The van der Waals surface area contributed by atoms with Gasteiger partial charge in [0.25, 0.3) is 0 Å². The maximum atomic E-state index is 5.87. The van der Waals surface area contributed by atoms with Gasteiger partial charge in [0.1, 0.15) is 12.1 Å². The first kappa shape index (κ1) is 12.8. The Hall–Kier alpha value is -1.88. The number of hydrogen-bond donors (Lipinski definition) is 1. The molecule has 2 aliphatic rings. The van der Waals surface area contributed by atoms with Crippen molar-refractivity contribution in [2.75, 3.05) is 36.8 Å². The first-order chi connectivity index (χ1) is 10.3. The first-order valence-corrected chi connectivity index (χ1v) is 7.80. The van der Waals surface area contributed by atoms with Crippen LogP contribution in [0.3, 0.4) is 0 Å². The van der Waals surface area contributed by atoms with Crippen molar-refractivity contribution in [3.8, 4) is 0 Å². The van der Waals surface area contributed by atoms with Crippen LogP contribution in [0.25, 0.3) is 10.9 Å². The molecule has 0 amide bonds. The second-order valence-electron chi connectivity index (χ2n) is 6.11. The van der Waals surface area contributed by atoms with Crippen molar-refractivity contribution in [2.24, 2.45) is 0 Å². The summed E-state index contributed by atoms with van der Waals surface area (Å²) in [5.41, 5.74) is 7.56. The van der Waals surface area contributed by atoms with Crippen LogP contribution >= 0.6 is 0 Å². The van der Waals surface area contributed by atoms with Crippen LogP contribution < -0.4 is 10.6 Å². The minimum Gasteiger partial charge on any atom is -0.399 e. The van der Waals surface area contributed by atoms with Gasteiger partial charge in [0, 0.05) is 36.7 Å². The van der Waals surface area contributed by atoms with Crippen molar-refractivity contribution >= 4 is 22.4 Å². The van der Waals surface area contributed by atoms with Crippen LogP contribution in [0.2, 0.25) is 0 Å². The Bertz CT molecular complexity index is 656. The molecule has 0 bridgehead atoms. The summed E-state index contributed by atoms with van der Waals surface area (Å²) < 4.78 is 0. The van der Waals surface area contributed by atoms with Gasteiger partial charge in [-0.15, -0.1) is 0 Å². The van der Waals surface area contributed by atoms with Crippen LogP contribution in [0.4, 0.5) is 11.5 Å². The van der Waals surface area contributed by atoms with E-state index >= 15 is 0 Å². The van der Waals surface area contributed by atoms with E-state index in [1.54, 1.807) is 6.33 Å². The summed E-state index contributed by atoms with van der Waals surface area (Å²) in [6, 6.07) is 6.61. The fourth-order valence-electron chi connectivity index (χ4n) is 3.71. The molecule has 1 aromatic carbocycles. The van der Waals surface area contributed by atoms with E-state index < -0.39 is 0 Å². The summed E-state index contributed by atoms with van der Waals surface area (Å²) in [5, 5.41) is 1.11. The molecule has 4 rings (SSSR count). The number of fused-ring (bicyclic) bond motifs is 2. The zero-order valence-electron chi connectivity index (χ0n) is 12.2. The fraction of sp³-hybridized carbons (Fsp3) is 0.500. The van der Waals surface area contributed by atoms with E-state index in [1.807, 2.05) is 12.1 Å². The zero-order valence-corrected chi connectivity index (χ0v) is 12.2. The number of nitrogen functional groups attached to an aromatic ring is 1. The van der Waals surface area contributed by atoms with E-state index in [1.165, 1.54) is 32.4 Å². The molecule has 3 heterocycles. The van der Waals surface area contributed by atoms with Crippen LogP contribution in [0.5, 0.6) is 0 Å². The minimum atomic E-state index is 0.686. The molecule has 5 nitrogen and oxygen atoms in total. The molecule has 2 N–H and O–H groups in total. The zero-order chi connectivity index (χ0) is 14.2. The van der Waals surface area contributed by atoms with Crippen LogP contribution in [0.15, 0.2) is 24.5 Å². The highest BCUT2D eigenvalue weighted by molar-refractivity contribution is 5.91. The van der Waals surface area contributed by atoms with E-state index in [2.05, 4.69) is 25.8 Å². The van der Waals surface area contributed by atoms with Crippen molar-refractivity contribution < 1.29 is 0 Å². The van der Waals surface area contributed by atoms with Gasteiger partial charge in [-0.05, 0) is 44.0 Å². The molecular formula is C16H21N5. The van der Waals surface area contributed by atoms with E-state index in [0.717, 1.165) is 35.5 Å². The Morgan fingerprint density at radius 3 is 2.95 bits per heavy atom. The molecule has 110 valence electrons. The molecule has 0 saturated carbocycles. The highest BCUT2D eigenvalue weighted by Gasteiger charge is 2.29. The molecule has 2 saturated heterocycles. The molecule has 21 heavy (non-hydrogen) atoms. The van der Waals surface area contributed by atoms with Crippen molar-refractivity contribution in [3.63, 3.8) is 0 Å². The van der Waals surface area contributed by atoms with Gasteiger partial charge in [0.15, 0.2) is 0 Å². The fourth-order valence-corrected chi connectivity index (χ4v) is 3.71. The maximum absolute atomic E-state index is 5.87. The molecular weight excluding hydrogens is 262 g/mol. The molecule has 2 aliphatic heterocycles. The lowest BCUT2D eigenvalue weighted by Gasteiger charge is -2.27. The Morgan fingerprint density at radius 1 is 1.10 bits per heavy atom. The largest absolute Gasteiger partial charge is 0.399 e. The predicted molar refractivity (Wildman–Crippen MR) is 85.4 cm³/mol. The number of nitrogens with two attached hydrogens (primary N) is 1. The molecule has 1 atom stereocenters. The van der Waals surface area contributed by atoms with Gasteiger partial charge in [0.2, 0.25) is 0 Å². The van der Waals surface area contributed by atoms with Crippen molar-refractivity contribution in [2.45, 2.75) is 25.3 Å². The molecule has 0 spiro atoms. The summed E-state index contributed by atoms with van der Waals surface area (Å²) in [6.07, 6.45) is 5.51. The standard InChI is InChI=1S/C16H21N5/c17-12-4-5-14-15(9-12)18-11-19-16(14)21-8-2-7-20-6-1-3-13(20)10-21/h4-5,9,11,13H,1-3,6-8,10,17H2. The molecule has 2 fully saturated rings. The van der Waals surface area contributed by atoms with E-state index in [0.29, 0.717) is 6.04 Å². The number of benzene rings is 1. The van der Waals surface area contributed by atoms with Gasteiger partial charge in [-0.2, -0.15) is 0 Å². The molecule has 0 radical (unpaired) electrons. The molecule has 1 aromatic heterocycles. The number of rotatable bonds is 1.